The van der Waals surface area contributed by atoms with Gasteiger partial charge in [0.05, 0.1) is 12.2 Å². The first-order valence-electron chi connectivity index (χ1n) is 8.28. The lowest BCUT2D eigenvalue weighted by molar-refractivity contribution is 0.629. The highest BCUT2D eigenvalue weighted by molar-refractivity contribution is 5.83. The van der Waals surface area contributed by atoms with Crippen molar-refractivity contribution in [2.75, 3.05) is 13.6 Å². The van der Waals surface area contributed by atoms with Crippen molar-refractivity contribution in [3.05, 3.63) is 65.4 Å². The molecule has 1 aromatic carbocycles. The van der Waals surface area contributed by atoms with Gasteiger partial charge in [0, 0.05) is 36.4 Å². The van der Waals surface area contributed by atoms with Crippen molar-refractivity contribution in [1.82, 2.24) is 20.6 Å². The van der Waals surface area contributed by atoms with Crippen LogP contribution >= 0.6 is 0 Å². The van der Waals surface area contributed by atoms with Crippen LogP contribution in [-0.2, 0) is 13.0 Å². The van der Waals surface area contributed by atoms with Gasteiger partial charge in [0.25, 0.3) is 0 Å². The molecule has 0 spiro atoms. The Balaban J connectivity index is 1.52. The third kappa shape index (κ3) is 4.35. The van der Waals surface area contributed by atoms with E-state index in [4.69, 9.17) is 0 Å². The van der Waals surface area contributed by atoms with E-state index < -0.39 is 0 Å². The highest BCUT2D eigenvalue weighted by Crippen LogP contribution is 2.19. The predicted molar refractivity (Wildman–Crippen MR) is 99.1 cm³/mol. The highest BCUT2D eigenvalue weighted by atomic mass is 19.1. The maximum atomic E-state index is 13.2. The van der Waals surface area contributed by atoms with Crippen LogP contribution in [0.25, 0.3) is 10.9 Å². The number of H-pyrrole nitrogens is 1. The second kappa shape index (κ2) is 7.79. The number of rotatable bonds is 5. The lowest BCUT2D eigenvalue weighted by Gasteiger charge is -2.11. The predicted octanol–water partition coefficient (Wildman–Crippen LogP) is 2.92. The molecule has 0 atom stereocenters. The molecule has 6 heteroatoms. The van der Waals surface area contributed by atoms with E-state index in [0.29, 0.717) is 6.54 Å². The molecule has 0 bridgehead atoms. The van der Waals surface area contributed by atoms with Crippen molar-refractivity contribution in [2.45, 2.75) is 19.9 Å². The monoisotopic (exact) mass is 339 g/mol. The van der Waals surface area contributed by atoms with Crippen molar-refractivity contribution >= 4 is 16.9 Å². The summed E-state index contributed by atoms with van der Waals surface area (Å²) in [4.78, 5) is 11.8. The van der Waals surface area contributed by atoms with E-state index in [-0.39, 0.29) is 5.82 Å². The Hall–Kier alpha value is -2.89. The van der Waals surface area contributed by atoms with Gasteiger partial charge in [0.15, 0.2) is 5.96 Å². The molecular formula is C19H22FN5. The number of pyridine rings is 1. The Morgan fingerprint density at radius 2 is 2.12 bits per heavy atom. The number of nitrogens with zero attached hydrogens (tertiary/aromatic N) is 2. The Kier molecular flexibility index (Phi) is 5.28. The molecule has 0 amide bonds. The fourth-order valence-corrected chi connectivity index (χ4v) is 2.77. The molecule has 130 valence electrons. The van der Waals surface area contributed by atoms with Gasteiger partial charge in [-0.15, -0.1) is 0 Å². The number of hydrogen-bond acceptors (Lipinski definition) is 2. The van der Waals surface area contributed by atoms with E-state index in [1.807, 2.05) is 37.4 Å². The van der Waals surface area contributed by atoms with Crippen molar-refractivity contribution < 1.29 is 4.39 Å². The Bertz CT molecular complexity index is 884. The topological polar surface area (TPSA) is 65.1 Å². The number of hydrogen-bond donors (Lipinski definition) is 3. The van der Waals surface area contributed by atoms with Gasteiger partial charge in [-0.05, 0) is 49.2 Å². The summed E-state index contributed by atoms with van der Waals surface area (Å²) in [6, 6.07) is 10.8. The Morgan fingerprint density at radius 3 is 2.92 bits per heavy atom. The number of aromatic amines is 1. The van der Waals surface area contributed by atoms with E-state index >= 15 is 0 Å². The molecule has 0 aliphatic heterocycles. The van der Waals surface area contributed by atoms with Crippen molar-refractivity contribution in [3.63, 3.8) is 0 Å². The van der Waals surface area contributed by atoms with Crippen molar-refractivity contribution in [1.29, 1.82) is 0 Å². The zero-order chi connectivity index (χ0) is 17.6. The summed E-state index contributed by atoms with van der Waals surface area (Å²) in [6.07, 6.45) is 2.74. The number of aliphatic imine (C=N–C) groups is 1. The first-order valence-corrected chi connectivity index (χ1v) is 8.28. The van der Waals surface area contributed by atoms with Crippen LogP contribution in [0, 0.1) is 12.7 Å². The number of halogens is 1. The minimum Gasteiger partial charge on any atom is -0.361 e. The second-order valence-electron chi connectivity index (χ2n) is 5.88. The normalized spacial score (nSPS) is 11.7. The fourth-order valence-electron chi connectivity index (χ4n) is 2.77. The first kappa shape index (κ1) is 17.0. The fraction of sp³-hybridized carbons (Fsp3) is 0.263. The molecule has 0 aliphatic carbocycles. The zero-order valence-corrected chi connectivity index (χ0v) is 14.4. The van der Waals surface area contributed by atoms with E-state index in [1.165, 1.54) is 12.1 Å². The Morgan fingerprint density at radius 1 is 1.24 bits per heavy atom. The lowest BCUT2D eigenvalue weighted by atomic mass is 10.1. The average molecular weight is 339 g/mol. The van der Waals surface area contributed by atoms with Gasteiger partial charge in [0.1, 0.15) is 5.82 Å². The Labute approximate surface area is 146 Å². The van der Waals surface area contributed by atoms with E-state index in [0.717, 1.165) is 46.8 Å². The maximum Gasteiger partial charge on any atom is 0.191 e. The molecule has 2 aromatic heterocycles. The largest absolute Gasteiger partial charge is 0.361 e. The second-order valence-corrected chi connectivity index (χ2v) is 5.88. The molecule has 0 fully saturated rings. The van der Waals surface area contributed by atoms with Crippen LogP contribution in [0.2, 0.25) is 0 Å². The number of guanidine groups is 1. The average Bonchev–Trinajstić information content (AvgIpc) is 3.00. The van der Waals surface area contributed by atoms with Crippen molar-refractivity contribution in [2.24, 2.45) is 4.99 Å². The highest BCUT2D eigenvalue weighted by Gasteiger charge is 2.05. The van der Waals surface area contributed by atoms with Crippen molar-refractivity contribution in [3.8, 4) is 0 Å². The quantitative estimate of drug-likeness (QED) is 0.495. The third-order valence-corrected chi connectivity index (χ3v) is 4.02. The summed E-state index contributed by atoms with van der Waals surface area (Å²) < 4.78 is 13.2. The summed E-state index contributed by atoms with van der Waals surface area (Å²) >= 11 is 0. The summed E-state index contributed by atoms with van der Waals surface area (Å²) in [5.41, 5.74) is 3.95. The van der Waals surface area contributed by atoms with E-state index in [9.17, 15) is 4.39 Å². The number of aryl methyl sites for hydroxylation is 1. The number of benzene rings is 1. The summed E-state index contributed by atoms with van der Waals surface area (Å²) in [5, 5.41) is 7.60. The molecule has 5 nitrogen and oxygen atoms in total. The van der Waals surface area contributed by atoms with Crippen LogP contribution in [0.1, 0.15) is 17.0 Å². The molecule has 3 rings (SSSR count). The van der Waals surface area contributed by atoms with Crippen LogP contribution < -0.4 is 10.6 Å². The van der Waals surface area contributed by atoms with Gasteiger partial charge >= 0.3 is 0 Å². The SMILES string of the molecule is CN=C(NCCc1c[nH]c2cc(F)ccc12)NCc1cccc(C)n1. The minimum absolute atomic E-state index is 0.228. The first-order chi connectivity index (χ1) is 12.2. The standard InChI is InChI=1S/C19H22FN5/c1-13-4-3-5-16(25-13)12-24-19(21-2)22-9-8-14-11-23-18-10-15(20)6-7-17(14)18/h3-7,10-11,23H,8-9,12H2,1-2H3,(H2,21,22,24). The van der Waals surface area contributed by atoms with Crippen LogP contribution in [0.5, 0.6) is 0 Å². The third-order valence-electron chi connectivity index (χ3n) is 4.02. The maximum absolute atomic E-state index is 13.2. The lowest BCUT2D eigenvalue weighted by Crippen LogP contribution is -2.38. The molecular weight excluding hydrogens is 317 g/mol. The van der Waals surface area contributed by atoms with Crippen LogP contribution in [0.15, 0.2) is 47.6 Å². The van der Waals surface area contributed by atoms with Gasteiger partial charge in [0.2, 0.25) is 0 Å². The molecule has 0 saturated carbocycles. The van der Waals surface area contributed by atoms with Gasteiger partial charge in [-0.3, -0.25) is 9.98 Å². The number of nitrogens with one attached hydrogen (secondary N) is 3. The van der Waals surface area contributed by atoms with Gasteiger partial charge in [-0.1, -0.05) is 6.07 Å². The van der Waals surface area contributed by atoms with Gasteiger partial charge in [-0.25, -0.2) is 4.39 Å². The molecule has 3 aromatic rings. The summed E-state index contributed by atoms with van der Waals surface area (Å²) in [6.45, 7) is 3.32. The van der Waals surface area contributed by atoms with Gasteiger partial charge in [-0.2, -0.15) is 0 Å². The minimum atomic E-state index is -0.228. The smallest absolute Gasteiger partial charge is 0.191 e. The molecule has 0 aliphatic rings. The number of aromatic nitrogens is 2. The zero-order valence-electron chi connectivity index (χ0n) is 14.4. The molecule has 25 heavy (non-hydrogen) atoms. The summed E-state index contributed by atoms with van der Waals surface area (Å²) in [5.74, 6) is 0.502. The molecule has 0 unspecified atom stereocenters. The van der Waals surface area contributed by atoms with Crippen LogP contribution in [0.4, 0.5) is 4.39 Å². The van der Waals surface area contributed by atoms with E-state index in [1.54, 1.807) is 7.05 Å². The van der Waals surface area contributed by atoms with Gasteiger partial charge < -0.3 is 15.6 Å². The molecule has 2 heterocycles. The molecule has 3 N–H and O–H groups in total. The number of fused-ring (bicyclic) bond motifs is 1. The molecule has 0 radical (unpaired) electrons. The summed E-state index contributed by atoms with van der Waals surface area (Å²) in [7, 11) is 1.74. The van der Waals surface area contributed by atoms with E-state index in [2.05, 4.69) is 25.6 Å². The molecule has 0 saturated heterocycles. The van der Waals surface area contributed by atoms with Crippen LogP contribution in [-0.4, -0.2) is 29.5 Å². The van der Waals surface area contributed by atoms with Crippen LogP contribution in [0.3, 0.4) is 0 Å².